The van der Waals surface area contributed by atoms with Crippen LogP contribution in [0.2, 0.25) is 0 Å². The molecule has 0 spiro atoms. The van der Waals surface area contributed by atoms with Gasteiger partial charge in [-0.3, -0.25) is 4.18 Å². The minimum absolute atomic E-state index is 0.166. The molecular weight excluding hydrogens is 330 g/mol. The van der Waals surface area contributed by atoms with Crippen LogP contribution in [0.5, 0.6) is 0 Å². The maximum Gasteiger partial charge on any atom is 0.410 e. The maximum absolute atomic E-state index is 12.5. The summed E-state index contributed by atoms with van der Waals surface area (Å²) in [5.41, 5.74) is 0.0512. The highest BCUT2D eigenvalue weighted by atomic mass is 32.2. The van der Waals surface area contributed by atoms with E-state index < -0.39 is 27.9 Å². The minimum atomic E-state index is -3.85. The number of benzene rings is 1. The van der Waals surface area contributed by atoms with Gasteiger partial charge >= 0.3 is 6.09 Å². The first kappa shape index (κ1) is 18.7. The average molecular weight is 355 g/mol. The van der Waals surface area contributed by atoms with E-state index in [1.165, 1.54) is 11.0 Å². The van der Waals surface area contributed by atoms with E-state index in [9.17, 15) is 13.2 Å². The molecule has 1 aromatic carbocycles. The van der Waals surface area contributed by atoms with Crippen molar-refractivity contribution in [1.82, 2.24) is 4.90 Å². The predicted molar refractivity (Wildman–Crippen MR) is 90.3 cm³/mol. The number of carbonyl (C=O) groups excluding carboxylic acids is 1. The zero-order valence-electron chi connectivity index (χ0n) is 14.6. The standard InChI is InChI=1S/C17H25NO5S/c1-13-8-5-6-10-15(13)24(20,21)23-14-9-7-11-18(12-14)16(19)22-17(2,3)4/h5-6,8,10,14H,7,9,11-12H2,1-4H3. The molecule has 0 saturated carbocycles. The molecular formula is C17H25NO5S. The number of rotatable bonds is 3. The number of hydrogen-bond acceptors (Lipinski definition) is 5. The molecule has 1 fully saturated rings. The molecule has 6 nitrogen and oxygen atoms in total. The fraction of sp³-hybridized carbons (Fsp3) is 0.588. The third-order valence-corrected chi connectivity index (χ3v) is 5.18. The van der Waals surface area contributed by atoms with Gasteiger partial charge < -0.3 is 9.64 Å². The summed E-state index contributed by atoms with van der Waals surface area (Å²) in [4.78, 5) is 13.8. The summed E-state index contributed by atoms with van der Waals surface area (Å²) in [7, 11) is -3.85. The van der Waals surface area contributed by atoms with E-state index in [-0.39, 0.29) is 11.4 Å². The molecule has 1 amide bonds. The summed E-state index contributed by atoms with van der Waals surface area (Å²) in [5.74, 6) is 0. The number of likely N-dealkylation sites (tertiary alicyclic amines) is 1. The van der Waals surface area contributed by atoms with Gasteiger partial charge in [0.25, 0.3) is 10.1 Å². The van der Waals surface area contributed by atoms with Crippen LogP contribution < -0.4 is 0 Å². The summed E-state index contributed by atoms with van der Waals surface area (Å²) >= 11 is 0. The van der Waals surface area contributed by atoms with Gasteiger partial charge in [0.1, 0.15) is 5.60 Å². The molecule has 0 N–H and O–H groups in total. The lowest BCUT2D eigenvalue weighted by Crippen LogP contribution is -2.45. The third-order valence-electron chi connectivity index (χ3n) is 3.66. The summed E-state index contributed by atoms with van der Waals surface area (Å²) < 4.78 is 35.7. The van der Waals surface area contributed by atoms with E-state index in [0.29, 0.717) is 24.9 Å². The third kappa shape index (κ3) is 4.95. The van der Waals surface area contributed by atoms with Gasteiger partial charge in [0.05, 0.1) is 17.5 Å². The SMILES string of the molecule is Cc1ccccc1S(=O)(=O)OC1CCCN(C(=O)OC(C)(C)C)C1. The Morgan fingerprint density at radius 3 is 2.54 bits per heavy atom. The molecule has 7 heteroatoms. The van der Waals surface area contributed by atoms with Gasteiger partial charge in [-0.15, -0.1) is 0 Å². The predicted octanol–water partition coefficient (Wildman–Crippen LogP) is 3.10. The molecule has 1 saturated heterocycles. The number of piperidine rings is 1. The quantitative estimate of drug-likeness (QED) is 0.779. The zero-order chi connectivity index (χ0) is 18.0. The van der Waals surface area contributed by atoms with Crippen molar-refractivity contribution in [3.05, 3.63) is 29.8 Å². The first-order valence-electron chi connectivity index (χ1n) is 8.05. The normalized spacial score (nSPS) is 19.2. The molecule has 1 heterocycles. The molecule has 1 aliphatic rings. The van der Waals surface area contributed by atoms with E-state index in [4.69, 9.17) is 8.92 Å². The van der Waals surface area contributed by atoms with Crippen LogP contribution in [-0.2, 0) is 19.0 Å². The van der Waals surface area contributed by atoms with Crippen molar-refractivity contribution in [1.29, 1.82) is 0 Å². The van der Waals surface area contributed by atoms with E-state index in [0.717, 1.165) is 0 Å². The van der Waals surface area contributed by atoms with Crippen molar-refractivity contribution in [2.24, 2.45) is 0 Å². The van der Waals surface area contributed by atoms with Gasteiger partial charge in [0, 0.05) is 6.54 Å². The Bertz CT molecular complexity index is 693. The lowest BCUT2D eigenvalue weighted by Gasteiger charge is -2.33. The van der Waals surface area contributed by atoms with Gasteiger partial charge in [0.2, 0.25) is 0 Å². The van der Waals surface area contributed by atoms with Gasteiger partial charge in [-0.05, 0) is 52.2 Å². The fourth-order valence-electron chi connectivity index (χ4n) is 2.58. The largest absolute Gasteiger partial charge is 0.444 e. The fourth-order valence-corrected chi connectivity index (χ4v) is 3.90. The van der Waals surface area contributed by atoms with E-state index in [1.807, 2.05) is 0 Å². The summed E-state index contributed by atoms with van der Waals surface area (Å²) in [5, 5.41) is 0. The van der Waals surface area contributed by atoms with Crippen molar-refractivity contribution in [3.8, 4) is 0 Å². The van der Waals surface area contributed by atoms with Crippen molar-refractivity contribution < 1.29 is 22.1 Å². The molecule has 0 radical (unpaired) electrons. The van der Waals surface area contributed by atoms with Crippen LogP contribution in [0, 0.1) is 6.92 Å². The Hall–Kier alpha value is -1.60. The second-order valence-electron chi connectivity index (χ2n) is 7.01. The molecule has 24 heavy (non-hydrogen) atoms. The Labute approximate surface area is 143 Å². The average Bonchev–Trinajstić information content (AvgIpc) is 2.45. The summed E-state index contributed by atoms with van der Waals surface area (Å²) in [6.45, 7) is 7.87. The van der Waals surface area contributed by atoms with Crippen molar-refractivity contribution in [2.45, 2.75) is 57.1 Å². The first-order chi connectivity index (χ1) is 11.1. The highest BCUT2D eigenvalue weighted by Crippen LogP contribution is 2.23. The molecule has 0 bridgehead atoms. The Morgan fingerprint density at radius 1 is 1.25 bits per heavy atom. The Kier molecular flexibility index (Phi) is 5.55. The molecule has 1 aromatic rings. The number of amides is 1. The van der Waals surface area contributed by atoms with Crippen molar-refractivity contribution in [3.63, 3.8) is 0 Å². The van der Waals surface area contributed by atoms with Crippen LogP contribution in [0.15, 0.2) is 29.2 Å². The second-order valence-corrected chi connectivity index (χ2v) is 8.55. The lowest BCUT2D eigenvalue weighted by molar-refractivity contribution is 0.00840. The second kappa shape index (κ2) is 7.11. The van der Waals surface area contributed by atoms with E-state index in [2.05, 4.69) is 0 Å². The van der Waals surface area contributed by atoms with Crippen LogP contribution in [-0.4, -0.2) is 44.2 Å². The smallest absolute Gasteiger partial charge is 0.410 e. The molecule has 2 rings (SSSR count). The Balaban J connectivity index is 2.05. The number of ether oxygens (including phenoxy) is 1. The number of carbonyl (C=O) groups is 1. The lowest BCUT2D eigenvalue weighted by atomic mass is 10.1. The molecule has 1 unspecified atom stereocenters. The monoisotopic (exact) mass is 355 g/mol. The van der Waals surface area contributed by atoms with Crippen LogP contribution in [0.3, 0.4) is 0 Å². The summed E-state index contributed by atoms with van der Waals surface area (Å²) in [6.07, 6.45) is 0.261. The van der Waals surface area contributed by atoms with E-state index in [1.54, 1.807) is 45.9 Å². The highest BCUT2D eigenvalue weighted by Gasteiger charge is 2.31. The van der Waals surface area contributed by atoms with Gasteiger partial charge in [-0.2, -0.15) is 8.42 Å². The van der Waals surface area contributed by atoms with Gasteiger partial charge in [0.15, 0.2) is 0 Å². The number of aryl methyl sites for hydroxylation is 1. The van der Waals surface area contributed by atoms with Crippen LogP contribution in [0.1, 0.15) is 39.2 Å². The molecule has 134 valence electrons. The molecule has 0 aliphatic carbocycles. The number of nitrogens with zero attached hydrogens (tertiary/aromatic N) is 1. The summed E-state index contributed by atoms with van der Waals surface area (Å²) in [6, 6.07) is 6.69. The van der Waals surface area contributed by atoms with Crippen molar-refractivity contribution in [2.75, 3.05) is 13.1 Å². The highest BCUT2D eigenvalue weighted by molar-refractivity contribution is 7.86. The molecule has 1 atom stereocenters. The Morgan fingerprint density at radius 2 is 1.92 bits per heavy atom. The topological polar surface area (TPSA) is 72.9 Å². The van der Waals surface area contributed by atoms with E-state index >= 15 is 0 Å². The zero-order valence-corrected chi connectivity index (χ0v) is 15.4. The van der Waals surface area contributed by atoms with Gasteiger partial charge in [-0.25, -0.2) is 4.79 Å². The van der Waals surface area contributed by atoms with Crippen LogP contribution >= 0.6 is 0 Å². The molecule has 0 aromatic heterocycles. The first-order valence-corrected chi connectivity index (χ1v) is 9.46. The van der Waals surface area contributed by atoms with Crippen LogP contribution in [0.4, 0.5) is 4.79 Å². The number of hydrogen-bond donors (Lipinski definition) is 0. The van der Waals surface area contributed by atoms with Gasteiger partial charge in [-0.1, -0.05) is 18.2 Å². The maximum atomic E-state index is 12.5. The molecule has 1 aliphatic heterocycles. The van der Waals surface area contributed by atoms with Crippen molar-refractivity contribution >= 4 is 16.2 Å². The van der Waals surface area contributed by atoms with Crippen LogP contribution in [0.25, 0.3) is 0 Å². The minimum Gasteiger partial charge on any atom is -0.444 e.